The molecule has 6 heteroatoms. The molecule has 1 aliphatic heterocycles. The Balaban J connectivity index is 1.48. The van der Waals surface area contributed by atoms with Gasteiger partial charge in [0.15, 0.2) is 0 Å². The normalized spacial score (nSPS) is 17.6. The van der Waals surface area contributed by atoms with E-state index in [1.54, 1.807) is 12.4 Å². The Hall–Kier alpha value is -1.95. The van der Waals surface area contributed by atoms with E-state index < -0.39 is 0 Å². The van der Waals surface area contributed by atoms with E-state index in [4.69, 9.17) is 4.74 Å². The van der Waals surface area contributed by atoms with Crippen molar-refractivity contribution >= 4 is 5.95 Å². The summed E-state index contributed by atoms with van der Waals surface area (Å²) in [5.41, 5.74) is 3.71. The summed E-state index contributed by atoms with van der Waals surface area (Å²) in [4.78, 5) is 10.9. The second-order valence-electron chi connectivity index (χ2n) is 6.17. The van der Waals surface area contributed by atoms with Gasteiger partial charge in [0, 0.05) is 38.2 Å². The predicted octanol–water partition coefficient (Wildman–Crippen LogP) is 1.70. The minimum Gasteiger partial charge on any atom is -0.375 e. The molecule has 1 fully saturated rings. The molecule has 6 nitrogen and oxygen atoms in total. The van der Waals surface area contributed by atoms with Gasteiger partial charge in [0.1, 0.15) is 0 Å². The number of hydrogen-bond acceptors (Lipinski definition) is 5. The lowest BCUT2D eigenvalue weighted by Gasteiger charge is -2.27. The highest BCUT2D eigenvalue weighted by Crippen LogP contribution is 2.30. The lowest BCUT2D eigenvalue weighted by Crippen LogP contribution is -2.32. The molecule has 2 aliphatic rings. The fourth-order valence-corrected chi connectivity index (χ4v) is 3.00. The van der Waals surface area contributed by atoms with Crippen LogP contribution < -0.4 is 4.90 Å². The van der Waals surface area contributed by atoms with Crippen LogP contribution in [0.1, 0.15) is 29.8 Å². The van der Waals surface area contributed by atoms with Crippen LogP contribution in [0.3, 0.4) is 0 Å². The summed E-state index contributed by atoms with van der Waals surface area (Å²) >= 11 is 0. The molecular weight excluding hydrogens is 278 g/mol. The van der Waals surface area contributed by atoms with Crippen LogP contribution >= 0.6 is 0 Å². The smallest absolute Gasteiger partial charge is 0.225 e. The van der Waals surface area contributed by atoms with E-state index in [1.807, 2.05) is 17.8 Å². The summed E-state index contributed by atoms with van der Waals surface area (Å²) in [5.74, 6) is 1.59. The third-order valence-electron chi connectivity index (χ3n) is 4.45. The van der Waals surface area contributed by atoms with Crippen LogP contribution in [0.5, 0.6) is 0 Å². The minimum absolute atomic E-state index is 0.640. The van der Waals surface area contributed by atoms with Gasteiger partial charge >= 0.3 is 0 Å². The first kappa shape index (κ1) is 13.7. The van der Waals surface area contributed by atoms with E-state index in [0.29, 0.717) is 6.61 Å². The molecule has 0 radical (unpaired) electrons. The summed E-state index contributed by atoms with van der Waals surface area (Å²) in [6, 6.07) is 1.85. The largest absolute Gasteiger partial charge is 0.375 e. The summed E-state index contributed by atoms with van der Waals surface area (Å²) in [7, 11) is 2.01. The molecule has 0 atom stereocenters. The average Bonchev–Trinajstić information content (AvgIpc) is 3.33. The van der Waals surface area contributed by atoms with Crippen LogP contribution in [0.4, 0.5) is 5.95 Å². The van der Waals surface area contributed by atoms with Crippen molar-refractivity contribution in [3.8, 4) is 0 Å². The van der Waals surface area contributed by atoms with Gasteiger partial charge in [-0.05, 0) is 31.2 Å². The highest BCUT2D eigenvalue weighted by atomic mass is 16.5. The van der Waals surface area contributed by atoms with E-state index >= 15 is 0 Å². The van der Waals surface area contributed by atoms with Crippen molar-refractivity contribution < 1.29 is 4.74 Å². The zero-order chi connectivity index (χ0) is 14.9. The lowest BCUT2D eigenvalue weighted by molar-refractivity contribution is 0.108. The fourth-order valence-electron chi connectivity index (χ4n) is 3.00. The fraction of sp³-hybridized carbons (Fsp3) is 0.562. The third kappa shape index (κ3) is 2.70. The number of anilines is 1. The van der Waals surface area contributed by atoms with Crippen LogP contribution in [-0.4, -0.2) is 32.9 Å². The van der Waals surface area contributed by atoms with Gasteiger partial charge in [-0.15, -0.1) is 0 Å². The SMILES string of the molecule is Cn1nc(COCC2CC2)c2c1CN(c1ncccn1)CC2. The Bertz CT molecular complexity index is 650. The summed E-state index contributed by atoms with van der Waals surface area (Å²) < 4.78 is 7.81. The highest BCUT2D eigenvalue weighted by molar-refractivity contribution is 5.38. The average molecular weight is 299 g/mol. The summed E-state index contributed by atoms with van der Waals surface area (Å²) in [5, 5.41) is 4.66. The molecule has 2 aromatic heterocycles. The highest BCUT2D eigenvalue weighted by Gasteiger charge is 2.26. The van der Waals surface area contributed by atoms with Gasteiger partial charge in [0.05, 0.1) is 24.5 Å². The van der Waals surface area contributed by atoms with Crippen LogP contribution in [0, 0.1) is 5.92 Å². The van der Waals surface area contributed by atoms with Gasteiger partial charge < -0.3 is 9.64 Å². The van der Waals surface area contributed by atoms with Crippen LogP contribution in [0.15, 0.2) is 18.5 Å². The number of rotatable bonds is 5. The Kier molecular flexibility index (Phi) is 3.54. The molecule has 1 aliphatic carbocycles. The molecular formula is C16H21N5O. The molecule has 22 heavy (non-hydrogen) atoms. The standard InChI is InChI=1S/C16H21N5O/c1-20-15-9-21(16-17-6-2-7-18-16)8-5-13(15)14(19-20)11-22-10-12-3-4-12/h2,6-7,12H,3-5,8-11H2,1H3. The second kappa shape index (κ2) is 5.68. The monoisotopic (exact) mass is 299 g/mol. The van der Waals surface area contributed by atoms with Gasteiger partial charge in [-0.25, -0.2) is 9.97 Å². The molecule has 0 bridgehead atoms. The number of fused-ring (bicyclic) bond motifs is 1. The molecule has 4 rings (SSSR count). The maximum atomic E-state index is 5.82. The number of hydrogen-bond donors (Lipinski definition) is 0. The summed E-state index contributed by atoms with van der Waals surface area (Å²) in [6.45, 7) is 3.26. The van der Waals surface area contributed by atoms with Crippen molar-refractivity contribution in [1.29, 1.82) is 0 Å². The Morgan fingerprint density at radius 1 is 1.27 bits per heavy atom. The zero-order valence-electron chi connectivity index (χ0n) is 12.9. The van der Waals surface area contributed by atoms with Gasteiger partial charge in [-0.1, -0.05) is 0 Å². The van der Waals surface area contributed by atoms with Gasteiger partial charge in [-0.3, -0.25) is 4.68 Å². The molecule has 0 saturated heterocycles. The van der Waals surface area contributed by atoms with Crippen molar-refractivity contribution in [2.45, 2.75) is 32.4 Å². The van der Waals surface area contributed by atoms with Crippen molar-refractivity contribution in [3.05, 3.63) is 35.4 Å². The number of aromatic nitrogens is 4. The Morgan fingerprint density at radius 3 is 2.86 bits per heavy atom. The molecule has 0 amide bonds. The first-order chi connectivity index (χ1) is 10.8. The van der Waals surface area contributed by atoms with Crippen LogP contribution in [0.25, 0.3) is 0 Å². The molecule has 0 spiro atoms. The molecule has 1 saturated carbocycles. The zero-order valence-corrected chi connectivity index (χ0v) is 12.9. The van der Waals surface area contributed by atoms with Crippen LogP contribution in [0.2, 0.25) is 0 Å². The molecule has 0 aromatic carbocycles. The maximum absolute atomic E-state index is 5.82. The second-order valence-corrected chi connectivity index (χ2v) is 6.17. The quantitative estimate of drug-likeness (QED) is 0.841. The Morgan fingerprint density at radius 2 is 2.09 bits per heavy atom. The lowest BCUT2D eigenvalue weighted by atomic mass is 10.0. The maximum Gasteiger partial charge on any atom is 0.225 e. The number of nitrogens with zero attached hydrogens (tertiary/aromatic N) is 5. The first-order valence-corrected chi connectivity index (χ1v) is 7.94. The van der Waals surface area contributed by atoms with Crippen molar-refractivity contribution in [2.75, 3.05) is 18.1 Å². The molecule has 3 heterocycles. The van der Waals surface area contributed by atoms with Gasteiger partial charge in [-0.2, -0.15) is 5.10 Å². The van der Waals surface area contributed by atoms with E-state index in [9.17, 15) is 0 Å². The van der Waals surface area contributed by atoms with Gasteiger partial charge in [0.2, 0.25) is 5.95 Å². The van der Waals surface area contributed by atoms with E-state index in [0.717, 1.165) is 43.7 Å². The van der Waals surface area contributed by atoms with Crippen molar-refractivity contribution in [1.82, 2.24) is 19.7 Å². The first-order valence-electron chi connectivity index (χ1n) is 7.94. The molecule has 116 valence electrons. The summed E-state index contributed by atoms with van der Waals surface area (Å²) in [6.07, 6.45) is 7.21. The predicted molar refractivity (Wildman–Crippen MR) is 82.4 cm³/mol. The van der Waals surface area contributed by atoms with E-state index in [1.165, 1.54) is 24.1 Å². The van der Waals surface area contributed by atoms with Crippen molar-refractivity contribution in [2.24, 2.45) is 13.0 Å². The minimum atomic E-state index is 0.640. The van der Waals surface area contributed by atoms with Gasteiger partial charge in [0.25, 0.3) is 0 Å². The molecule has 2 aromatic rings. The van der Waals surface area contributed by atoms with Crippen molar-refractivity contribution in [3.63, 3.8) is 0 Å². The van der Waals surface area contributed by atoms with E-state index in [-0.39, 0.29) is 0 Å². The molecule has 0 N–H and O–H groups in total. The van der Waals surface area contributed by atoms with Crippen LogP contribution in [-0.2, 0) is 31.4 Å². The van der Waals surface area contributed by atoms with E-state index in [2.05, 4.69) is 20.0 Å². The number of aryl methyl sites for hydroxylation is 1. The topological polar surface area (TPSA) is 56.1 Å². The Labute approximate surface area is 130 Å². The number of ether oxygens (including phenoxy) is 1. The third-order valence-corrected chi connectivity index (χ3v) is 4.45. The molecule has 0 unspecified atom stereocenters.